The molecule has 108 valence electrons. The maximum absolute atomic E-state index is 14.1. The van der Waals surface area contributed by atoms with Gasteiger partial charge in [0, 0.05) is 30.7 Å². The number of hydrogen-bond acceptors (Lipinski definition) is 5. The van der Waals surface area contributed by atoms with E-state index in [9.17, 15) is 14.5 Å². The Morgan fingerprint density at radius 2 is 2.35 bits per heavy atom. The molecule has 2 N–H and O–H groups in total. The van der Waals surface area contributed by atoms with E-state index in [1.165, 1.54) is 6.07 Å². The molecular formula is C13H16FN3O3. The standard InChI is InChI=1S/C13H16FN3O3/c1-2-13(5-6-20-8-12(15)16-13)10-7-9(17(18)19)3-4-11(10)14/h3-4,7H,2,5-6,8H2,1H3,(H2,15,16)/t13-/m0/s1. The van der Waals surface area contributed by atoms with E-state index in [2.05, 4.69) is 4.99 Å². The van der Waals surface area contributed by atoms with Crippen LogP contribution in [0, 0.1) is 15.9 Å². The second-order valence-corrected chi connectivity index (χ2v) is 4.71. The van der Waals surface area contributed by atoms with E-state index >= 15 is 0 Å². The molecule has 6 nitrogen and oxygen atoms in total. The van der Waals surface area contributed by atoms with Crippen molar-refractivity contribution >= 4 is 11.5 Å². The van der Waals surface area contributed by atoms with Gasteiger partial charge in [0.1, 0.15) is 18.3 Å². The van der Waals surface area contributed by atoms with Crippen LogP contribution in [0.2, 0.25) is 0 Å². The molecule has 1 heterocycles. The summed E-state index contributed by atoms with van der Waals surface area (Å²) in [5.74, 6) is -0.244. The van der Waals surface area contributed by atoms with E-state index in [1.54, 1.807) is 0 Å². The van der Waals surface area contributed by atoms with Crippen molar-refractivity contribution in [3.8, 4) is 0 Å². The quantitative estimate of drug-likeness (QED) is 0.678. The minimum Gasteiger partial charge on any atom is -0.386 e. The minimum atomic E-state index is -0.906. The van der Waals surface area contributed by atoms with Crippen molar-refractivity contribution in [2.75, 3.05) is 13.2 Å². The van der Waals surface area contributed by atoms with Gasteiger partial charge in [-0.15, -0.1) is 0 Å². The second-order valence-electron chi connectivity index (χ2n) is 4.71. The average Bonchev–Trinajstić information content (AvgIpc) is 2.61. The van der Waals surface area contributed by atoms with Gasteiger partial charge in [-0.05, 0) is 12.5 Å². The highest BCUT2D eigenvalue weighted by atomic mass is 19.1. The van der Waals surface area contributed by atoms with Crippen molar-refractivity contribution in [2.24, 2.45) is 10.7 Å². The Labute approximate surface area is 115 Å². The van der Waals surface area contributed by atoms with Crippen LogP contribution >= 0.6 is 0 Å². The zero-order valence-corrected chi connectivity index (χ0v) is 11.1. The summed E-state index contributed by atoms with van der Waals surface area (Å²) in [4.78, 5) is 14.7. The first-order valence-electron chi connectivity index (χ1n) is 6.35. The smallest absolute Gasteiger partial charge is 0.270 e. The van der Waals surface area contributed by atoms with E-state index in [1.807, 2.05) is 6.92 Å². The Morgan fingerprint density at radius 1 is 1.60 bits per heavy atom. The number of aliphatic imine (C=N–C) groups is 1. The van der Waals surface area contributed by atoms with Gasteiger partial charge in [0.05, 0.1) is 10.5 Å². The molecule has 0 spiro atoms. The third-order valence-electron chi connectivity index (χ3n) is 3.51. The van der Waals surface area contributed by atoms with Crippen molar-refractivity contribution in [1.82, 2.24) is 0 Å². The predicted molar refractivity (Wildman–Crippen MR) is 72.1 cm³/mol. The summed E-state index contributed by atoms with van der Waals surface area (Å²) in [7, 11) is 0. The van der Waals surface area contributed by atoms with Crippen LogP contribution in [0.25, 0.3) is 0 Å². The summed E-state index contributed by atoms with van der Waals surface area (Å²) in [5.41, 5.74) is 4.87. The largest absolute Gasteiger partial charge is 0.386 e. The number of ether oxygens (including phenoxy) is 1. The van der Waals surface area contributed by atoms with E-state index in [-0.39, 0.29) is 23.7 Å². The van der Waals surface area contributed by atoms with Gasteiger partial charge in [-0.2, -0.15) is 0 Å². The van der Waals surface area contributed by atoms with Gasteiger partial charge in [0.2, 0.25) is 0 Å². The fraction of sp³-hybridized carbons (Fsp3) is 0.462. The van der Waals surface area contributed by atoms with E-state index in [0.717, 1.165) is 12.1 Å². The Bertz CT molecular complexity index is 562. The number of halogens is 1. The molecule has 2 rings (SSSR count). The van der Waals surface area contributed by atoms with Crippen molar-refractivity contribution in [3.05, 3.63) is 39.7 Å². The third-order valence-corrected chi connectivity index (χ3v) is 3.51. The van der Waals surface area contributed by atoms with Crippen LogP contribution in [0.15, 0.2) is 23.2 Å². The monoisotopic (exact) mass is 281 g/mol. The molecule has 20 heavy (non-hydrogen) atoms. The summed E-state index contributed by atoms with van der Waals surface area (Å²) in [6.45, 7) is 2.42. The van der Waals surface area contributed by atoms with Crippen LogP contribution in [0.5, 0.6) is 0 Å². The van der Waals surface area contributed by atoms with Crippen molar-refractivity contribution in [1.29, 1.82) is 0 Å². The second kappa shape index (κ2) is 5.54. The van der Waals surface area contributed by atoms with Crippen LogP contribution in [-0.4, -0.2) is 24.0 Å². The summed E-state index contributed by atoms with van der Waals surface area (Å²) >= 11 is 0. The van der Waals surface area contributed by atoms with Crippen molar-refractivity contribution in [2.45, 2.75) is 25.3 Å². The summed E-state index contributed by atoms with van der Waals surface area (Å²) in [5, 5.41) is 10.9. The fourth-order valence-corrected chi connectivity index (χ4v) is 2.41. The van der Waals surface area contributed by atoms with Gasteiger partial charge in [0.15, 0.2) is 0 Å². The molecule has 1 atom stereocenters. The molecular weight excluding hydrogens is 265 g/mol. The Kier molecular flexibility index (Phi) is 3.99. The summed E-state index contributed by atoms with van der Waals surface area (Å²) in [6.07, 6.45) is 0.914. The SMILES string of the molecule is CC[C@@]1(c2cc([N+](=O)[O-])ccc2F)CCOCC(N)=N1. The van der Waals surface area contributed by atoms with Gasteiger partial charge >= 0.3 is 0 Å². The summed E-state index contributed by atoms with van der Waals surface area (Å²) < 4.78 is 19.4. The lowest BCUT2D eigenvalue weighted by Gasteiger charge is -2.28. The molecule has 0 radical (unpaired) electrons. The molecule has 1 aliphatic rings. The van der Waals surface area contributed by atoms with Crippen LogP contribution < -0.4 is 5.73 Å². The lowest BCUT2D eigenvalue weighted by atomic mass is 9.84. The normalized spacial score (nSPS) is 23.0. The molecule has 1 aliphatic heterocycles. The molecule has 7 heteroatoms. The van der Waals surface area contributed by atoms with Crippen LogP contribution in [-0.2, 0) is 10.3 Å². The van der Waals surface area contributed by atoms with E-state index in [4.69, 9.17) is 10.5 Å². The molecule has 1 aromatic rings. The maximum atomic E-state index is 14.1. The van der Waals surface area contributed by atoms with E-state index < -0.39 is 16.3 Å². The molecule has 0 fully saturated rings. The molecule has 0 aromatic heterocycles. The topological polar surface area (TPSA) is 90.8 Å². The fourth-order valence-electron chi connectivity index (χ4n) is 2.41. The lowest BCUT2D eigenvalue weighted by molar-refractivity contribution is -0.385. The first-order valence-corrected chi connectivity index (χ1v) is 6.35. The first-order chi connectivity index (χ1) is 9.48. The van der Waals surface area contributed by atoms with Gasteiger partial charge in [-0.1, -0.05) is 6.92 Å². The third kappa shape index (κ3) is 2.62. The molecule has 0 amide bonds. The highest BCUT2D eigenvalue weighted by Gasteiger charge is 2.35. The van der Waals surface area contributed by atoms with Crippen molar-refractivity contribution in [3.63, 3.8) is 0 Å². The lowest BCUT2D eigenvalue weighted by Crippen LogP contribution is -2.28. The minimum absolute atomic E-state index is 0.159. The summed E-state index contributed by atoms with van der Waals surface area (Å²) in [6, 6.07) is 3.48. The number of non-ortho nitro benzene ring substituents is 1. The number of nitrogens with zero attached hydrogens (tertiary/aromatic N) is 2. The number of benzene rings is 1. The maximum Gasteiger partial charge on any atom is 0.270 e. The number of nitro groups is 1. The zero-order chi connectivity index (χ0) is 14.8. The van der Waals surface area contributed by atoms with Crippen LogP contribution in [0.4, 0.5) is 10.1 Å². The van der Waals surface area contributed by atoms with Crippen LogP contribution in [0.3, 0.4) is 0 Å². The van der Waals surface area contributed by atoms with Gasteiger partial charge in [-0.25, -0.2) is 4.39 Å². The number of amidine groups is 1. The number of nitrogens with two attached hydrogens (primary N) is 1. The molecule has 0 unspecified atom stereocenters. The molecule has 0 bridgehead atoms. The van der Waals surface area contributed by atoms with Gasteiger partial charge in [0.25, 0.3) is 5.69 Å². The van der Waals surface area contributed by atoms with Crippen LogP contribution in [0.1, 0.15) is 25.3 Å². The molecule has 1 aromatic carbocycles. The predicted octanol–water partition coefficient (Wildman–Crippen LogP) is 2.12. The molecule has 0 saturated carbocycles. The number of rotatable bonds is 3. The Morgan fingerprint density at radius 3 is 3.00 bits per heavy atom. The molecule has 0 saturated heterocycles. The van der Waals surface area contributed by atoms with Crippen molar-refractivity contribution < 1.29 is 14.1 Å². The zero-order valence-electron chi connectivity index (χ0n) is 11.1. The first kappa shape index (κ1) is 14.4. The Hall–Kier alpha value is -2.02. The highest BCUT2D eigenvalue weighted by molar-refractivity contribution is 5.82. The average molecular weight is 281 g/mol. The molecule has 0 aliphatic carbocycles. The Balaban J connectivity index is 2.58. The van der Waals surface area contributed by atoms with E-state index in [0.29, 0.717) is 19.4 Å². The number of hydrogen-bond donors (Lipinski definition) is 1. The highest BCUT2D eigenvalue weighted by Crippen LogP contribution is 2.37. The van der Waals surface area contributed by atoms with Gasteiger partial charge < -0.3 is 10.5 Å². The number of nitro benzene ring substituents is 1. The van der Waals surface area contributed by atoms with Gasteiger partial charge in [-0.3, -0.25) is 15.1 Å².